The first-order valence-corrected chi connectivity index (χ1v) is 9.09. The lowest BCUT2D eigenvalue weighted by Crippen LogP contribution is -2.39. The molecule has 1 amide bonds. The lowest BCUT2D eigenvalue weighted by atomic mass is 10.0. The van der Waals surface area contributed by atoms with Gasteiger partial charge < -0.3 is 14.5 Å². The zero-order valence-electron chi connectivity index (χ0n) is 15.5. The van der Waals surface area contributed by atoms with Crippen molar-refractivity contribution >= 4 is 5.91 Å². The van der Waals surface area contributed by atoms with Crippen LogP contribution in [0.15, 0.2) is 47.7 Å². The molecule has 0 radical (unpaired) electrons. The summed E-state index contributed by atoms with van der Waals surface area (Å²) in [5, 5.41) is 0. The summed E-state index contributed by atoms with van der Waals surface area (Å²) in [6.45, 7) is 5.69. The van der Waals surface area contributed by atoms with Crippen molar-refractivity contribution in [3.05, 3.63) is 86.9 Å². The van der Waals surface area contributed by atoms with E-state index in [0.717, 1.165) is 22.5 Å². The third-order valence-electron chi connectivity index (χ3n) is 5.34. The Labute approximate surface area is 157 Å². The van der Waals surface area contributed by atoms with E-state index in [1.54, 1.807) is 23.5 Å². The maximum Gasteiger partial charge on any atom is 0.255 e. The molecule has 0 spiro atoms. The Morgan fingerprint density at radius 2 is 2.00 bits per heavy atom. The molecule has 0 bridgehead atoms. The average Bonchev–Trinajstić information content (AvgIpc) is 2.96. The van der Waals surface area contributed by atoms with Crippen LogP contribution in [-0.2, 0) is 19.5 Å². The molecule has 4 heterocycles. The molecule has 1 aliphatic rings. The number of nitrogens with zero attached hydrogens (tertiary/aromatic N) is 3. The van der Waals surface area contributed by atoms with Crippen molar-refractivity contribution in [2.24, 2.45) is 0 Å². The third-order valence-corrected chi connectivity index (χ3v) is 5.34. The van der Waals surface area contributed by atoms with Crippen LogP contribution in [0.4, 0.5) is 0 Å². The lowest BCUT2D eigenvalue weighted by Gasteiger charge is -2.28. The largest absolute Gasteiger partial charge is 0.344 e. The molecule has 1 N–H and O–H groups in total. The van der Waals surface area contributed by atoms with E-state index < -0.39 is 0 Å². The predicted octanol–water partition coefficient (Wildman–Crippen LogP) is 2.44. The van der Waals surface area contributed by atoms with E-state index in [1.165, 1.54) is 0 Å². The van der Waals surface area contributed by atoms with E-state index in [4.69, 9.17) is 0 Å². The van der Waals surface area contributed by atoms with Gasteiger partial charge in [-0.3, -0.25) is 14.6 Å². The summed E-state index contributed by atoms with van der Waals surface area (Å²) in [4.78, 5) is 33.8. The van der Waals surface area contributed by atoms with Gasteiger partial charge in [-0.15, -0.1) is 0 Å². The summed E-state index contributed by atoms with van der Waals surface area (Å²) in [6, 6.07) is 7.84. The molecule has 0 aliphatic carbocycles. The molecule has 3 aromatic rings. The highest BCUT2D eigenvalue weighted by Crippen LogP contribution is 2.22. The first kappa shape index (κ1) is 17.3. The zero-order chi connectivity index (χ0) is 19.0. The number of hydrogen-bond donors (Lipinski definition) is 1. The van der Waals surface area contributed by atoms with Gasteiger partial charge >= 0.3 is 0 Å². The van der Waals surface area contributed by atoms with Crippen molar-refractivity contribution in [2.45, 2.75) is 33.4 Å². The first-order chi connectivity index (χ1) is 13.0. The second-order valence-electron chi connectivity index (χ2n) is 7.01. The zero-order valence-corrected chi connectivity index (χ0v) is 15.5. The molecule has 6 heteroatoms. The van der Waals surface area contributed by atoms with Crippen molar-refractivity contribution in [1.29, 1.82) is 0 Å². The van der Waals surface area contributed by atoms with E-state index in [1.807, 2.05) is 38.1 Å². The van der Waals surface area contributed by atoms with Crippen LogP contribution in [0.25, 0.3) is 0 Å². The van der Waals surface area contributed by atoms with Gasteiger partial charge in [0.2, 0.25) is 0 Å². The molecule has 6 nitrogen and oxygen atoms in total. The molecule has 138 valence electrons. The number of carbonyl (C=O) groups excluding carboxylic acids is 1. The van der Waals surface area contributed by atoms with Gasteiger partial charge in [-0.2, -0.15) is 0 Å². The molecule has 27 heavy (non-hydrogen) atoms. The number of pyridine rings is 2. The quantitative estimate of drug-likeness (QED) is 0.778. The Morgan fingerprint density at radius 3 is 2.78 bits per heavy atom. The predicted molar refractivity (Wildman–Crippen MR) is 103 cm³/mol. The summed E-state index contributed by atoms with van der Waals surface area (Å²) < 4.78 is 2.15. The van der Waals surface area contributed by atoms with Crippen molar-refractivity contribution in [2.75, 3.05) is 6.54 Å². The lowest BCUT2D eigenvalue weighted by molar-refractivity contribution is 0.0733. The molecule has 1 aliphatic heterocycles. The highest BCUT2D eigenvalue weighted by Gasteiger charge is 2.26. The monoisotopic (exact) mass is 362 g/mol. The van der Waals surface area contributed by atoms with Crippen molar-refractivity contribution in [3.63, 3.8) is 0 Å². The van der Waals surface area contributed by atoms with Crippen molar-refractivity contribution in [1.82, 2.24) is 19.4 Å². The number of rotatable bonds is 3. The van der Waals surface area contributed by atoms with Crippen LogP contribution < -0.4 is 5.56 Å². The van der Waals surface area contributed by atoms with Gasteiger partial charge in [0.1, 0.15) is 0 Å². The fraction of sp³-hybridized carbons (Fsp3) is 0.286. The van der Waals surface area contributed by atoms with Crippen LogP contribution >= 0.6 is 0 Å². The number of H-pyrrole nitrogens is 1. The molecule has 3 aromatic heterocycles. The number of aromatic nitrogens is 3. The minimum absolute atomic E-state index is 0.0158. The Morgan fingerprint density at radius 1 is 1.22 bits per heavy atom. The number of fused-ring (bicyclic) bond motifs is 1. The number of amides is 1. The number of aryl methyl sites for hydroxylation is 1. The van der Waals surface area contributed by atoms with Crippen LogP contribution in [0.3, 0.4) is 0 Å². The Balaban J connectivity index is 1.61. The number of nitrogens with one attached hydrogen (secondary N) is 1. The molecule has 0 unspecified atom stereocenters. The Kier molecular flexibility index (Phi) is 4.39. The van der Waals surface area contributed by atoms with Gasteiger partial charge in [-0.05, 0) is 55.7 Å². The summed E-state index contributed by atoms with van der Waals surface area (Å²) in [7, 11) is 0. The molecule has 0 saturated carbocycles. The molecule has 0 atom stereocenters. The van der Waals surface area contributed by atoms with Gasteiger partial charge in [-0.1, -0.05) is 0 Å². The second kappa shape index (κ2) is 6.87. The van der Waals surface area contributed by atoms with Crippen LogP contribution in [0, 0.1) is 13.8 Å². The highest BCUT2D eigenvalue weighted by atomic mass is 16.2. The minimum Gasteiger partial charge on any atom is -0.344 e. The van der Waals surface area contributed by atoms with E-state index in [0.29, 0.717) is 37.2 Å². The van der Waals surface area contributed by atoms with Crippen LogP contribution in [-0.4, -0.2) is 31.9 Å². The van der Waals surface area contributed by atoms with Gasteiger partial charge in [0.25, 0.3) is 11.5 Å². The molecule has 0 saturated heterocycles. The normalized spacial score (nSPS) is 13.5. The van der Waals surface area contributed by atoms with Crippen molar-refractivity contribution < 1.29 is 4.79 Å². The van der Waals surface area contributed by atoms with Crippen molar-refractivity contribution in [3.8, 4) is 0 Å². The third kappa shape index (κ3) is 3.18. The SMILES string of the molecule is Cc1cc(C(=O)N2CCc3cc[nH]c(=O)c3C2)c(C)n1Cc1ccncc1. The van der Waals surface area contributed by atoms with Gasteiger partial charge in [-0.25, -0.2) is 0 Å². The van der Waals surface area contributed by atoms with E-state index >= 15 is 0 Å². The Bertz CT molecular complexity index is 1050. The Hall–Kier alpha value is -3.15. The smallest absolute Gasteiger partial charge is 0.255 e. The molecule has 0 fully saturated rings. The number of aromatic amines is 1. The van der Waals surface area contributed by atoms with E-state index in [9.17, 15) is 9.59 Å². The summed E-state index contributed by atoms with van der Waals surface area (Å²) in [5.74, 6) is -0.0158. The summed E-state index contributed by atoms with van der Waals surface area (Å²) in [6.07, 6.45) is 5.93. The van der Waals surface area contributed by atoms with Gasteiger partial charge in [0, 0.05) is 48.6 Å². The van der Waals surface area contributed by atoms with Crippen LogP contribution in [0.2, 0.25) is 0 Å². The maximum atomic E-state index is 13.1. The number of hydrogen-bond acceptors (Lipinski definition) is 3. The van der Waals surface area contributed by atoms with Gasteiger partial charge in [0.15, 0.2) is 0 Å². The fourth-order valence-electron chi connectivity index (χ4n) is 3.76. The second-order valence-corrected chi connectivity index (χ2v) is 7.01. The van der Waals surface area contributed by atoms with Crippen LogP contribution in [0.1, 0.15) is 38.4 Å². The molecule has 4 rings (SSSR count). The maximum absolute atomic E-state index is 13.1. The molecular weight excluding hydrogens is 340 g/mol. The van der Waals surface area contributed by atoms with E-state index in [-0.39, 0.29) is 11.5 Å². The average molecular weight is 362 g/mol. The molecular formula is C21H22N4O2. The van der Waals surface area contributed by atoms with Crippen LogP contribution in [0.5, 0.6) is 0 Å². The minimum atomic E-state index is -0.104. The molecule has 0 aromatic carbocycles. The van der Waals surface area contributed by atoms with E-state index in [2.05, 4.69) is 14.5 Å². The fourth-order valence-corrected chi connectivity index (χ4v) is 3.76. The number of carbonyl (C=O) groups is 1. The summed E-state index contributed by atoms with van der Waals surface area (Å²) >= 11 is 0. The standard InChI is InChI=1S/C21H22N4O2/c1-14-11-18(15(2)25(14)12-16-3-7-22-8-4-16)21(27)24-10-6-17-5-9-23-20(26)19(17)13-24/h3-5,7-9,11H,6,10,12-13H2,1-2H3,(H,23,26). The first-order valence-electron chi connectivity index (χ1n) is 9.09. The highest BCUT2D eigenvalue weighted by molar-refractivity contribution is 5.95. The van der Waals surface area contributed by atoms with Gasteiger partial charge in [0.05, 0.1) is 12.1 Å². The summed E-state index contributed by atoms with van der Waals surface area (Å²) in [5.41, 5.74) is 5.47. The topological polar surface area (TPSA) is 71.0 Å².